The van der Waals surface area contributed by atoms with Crippen LogP contribution in [0.4, 0.5) is 0 Å². The van der Waals surface area contributed by atoms with Crippen LogP contribution in [0.25, 0.3) is 11.0 Å². The van der Waals surface area contributed by atoms with Gasteiger partial charge in [-0.15, -0.1) is 0 Å². The van der Waals surface area contributed by atoms with Crippen molar-refractivity contribution in [2.45, 2.75) is 25.8 Å². The second kappa shape index (κ2) is 5.88. The minimum atomic E-state index is 0.333. The first-order chi connectivity index (χ1) is 9.67. The van der Waals surface area contributed by atoms with Gasteiger partial charge < -0.3 is 10.2 Å². The molecule has 0 spiro atoms. The number of halogens is 1. The Morgan fingerprint density at radius 3 is 2.80 bits per heavy atom. The van der Waals surface area contributed by atoms with Crippen LogP contribution in [-0.2, 0) is 0 Å². The highest BCUT2D eigenvalue weighted by Crippen LogP contribution is 2.31. The van der Waals surface area contributed by atoms with Crippen LogP contribution < -0.4 is 5.73 Å². The van der Waals surface area contributed by atoms with Crippen LogP contribution in [0.15, 0.2) is 33.2 Å². The normalized spacial score (nSPS) is 19.6. The van der Waals surface area contributed by atoms with Crippen molar-refractivity contribution in [2.75, 3.05) is 19.6 Å². The fraction of sp³-hybridized carbons (Fsp3) is 0.500. The molecule has 1 unspecified atom stereocenters. The van der Waals surface area contributed by atoms with Gasteiger partial charge in [0.1, 0.15) is 11.3 Å². The number of hydrogen-bond donors (Lipinski definition) is 1. The van der Waals surface area contributed by atoms with Gasteiger partial charge in [-0.1, -0.05) is 15.9 Å². The molecule has 2 N–H and O–H groups in total. The lowest BCUT2D eigenvalue weighted by Gasteiger charge is -2.34. The molecule has 2 aromatic rings. The molecular formula is C16H21BrN2O. The average Bonchev–Trinajstić information content (AvgIpc) is 2.89. The summed E-state index contributed by atoms with van der Waals surface area (Å²) in [5, 5.41) is 1.16. The van der Waals surface area contributed by atoms with Crippen LogP contribution >= 0.6 is 15.9 Å². The van der Waals surface area contributed by atoms with Gasteiger partial charge in [0.15, 0.2) is 0 Å². The molecule has 3 rings (SSSR count). The van der Waals surface area contributed by atoms with Crippen LogP contribution in [0.3, 0.4) is 0 Å². The molecule has 2 heterocycles. The Labute approximate surface area is 128 Å². The zero-order chi connectivity index (χ0) is 14.1. The first-order valence-corrected chi connectivity index (χ1v) is 8.10. The molecule has 108 valence electrons. The van der Waals surface area contributed by atoms with Crippen molar-refractivity contribution in [1.82, 2.24) is 4.90 Å². The van der Waals surface area contributed by atoms with Gasteiger partial charge in [-0.2, -0.15) is 0 Å². The van der Waals surface area contributed by atoms with E-state index in [1.807, 2.05) is 12.1 Å². The van der Waals surface area contributed by atoms with Crippen molar-refractivity contribution in [3.05, 3.63) is 34.5 Å². The number of benzene rings is 1. The average molecular weight is 337 g/mol. The fourth-order valence-corrected chi connectivity index (χ4v) is 3.38. The molecule has 3 nitrogen and oxygen atoms in total. The van der Waals surface area contributed by atoms with E-state index in [2.05, 4.69) is 39.9 Å². The van der Waals surface area contributed by atoms with Crippen LogP contribution in [0.1, 0.15) is 31.6 Å². The molecule has 0 amide bonds. The Kier molecular flexibility index (Phi) is 4.15. The van der Waals surface area contributed by atoms with Crippen molar-refractivity contribution in [2.24, 2.45) is 11.7 Å². The Hall–Kier alpha value is -0.840. The second-order valence-corrected chi connectivity index (χ2v) is 6.64. The molecule has 1 aromatic heterocycles. The van der Waals surface area contributed by atoms with Crippen molar-refractivity contribution < 1.29 is 4.42 Å². The third-order valence-corrected chi connectivity index (χ3v) is 4.93. The van der Waals surface area contributed by atoms with Crippen LogP contribution in [0, 0.1) is 5.92 Å². The van der Waals surface area contributed by atoms with Gasteiger partial charge in [-0.25, -0.2) is 0 Å². The highest BCUT2D eigenvalue weighted by molar-refractivity contribution is 9.10. The number of rotatable bonds is 3. The number of nitrogens with two attached hydrogens (primary N) is 1. The second-order valence-electron chi connectivity index (χ2n) is 5.72. The number of nitrogens with zero attached hydrogens (tertiary/aromatic N) is 1. The van der Waals surface area contributed by atoms with Gasteiger partial charge in [0.05, 0.1) is 6.04 Å². The summed E-state index contributed by atoms with van der Waals surface area (Å²) in [5.41, 5.74) is 6.72. The predicted octanol–water partition coefficient (Wildman–Crippen LogP) is 3.93. The molecule has 1 aromatic carbocycles. The maximum absolute atomic E-state index is 6.00. The van der Waals surface area contributed by atoms with Crippen LogP contribution in [0.5, 0.6) is 0 Å². The summed E-state index contributed by atoms with van der Waals surface area (Å²) in [6.07, 6.45) is 2.40. The van der Waals surface area contributed by atoms with Gasteiger partial charge >= 0.3 is 0 Å². The van der Waals surface area contributed by atoms with E-state index >= 15 is 0 Å². The van der Waals surface area contributed by atoms with Crippen LogP contribution in [0.2, 0.25) is 0 Å². The maximum Gasteiger partial charge on any atom is 0.134 e. The van der Waals surface area contributed by atoms with E-state index in [4.69, 9.17) is 10.2 Å². The monoisotopic (exact) mass is 336 g/mol. The highest BCUT2D eigenvalue weighted by Gasteiger charge is 2.24. The third kappa shape index (κ3) is 2.78. The molecule has 0 bridgehead atoms. The lowest BCUT2D eigenvalue weighted by molar-refractivity contribution is 0.131. The van der Waals surface area contributed by atoms with E-state index in [1.54, 1.807) is 0 Å². The van der Waals surface area contributed by atoms with E-state index in [1.165, 1.54) is 12.8 Å². The minimum absolute atomic E-state index is 0.333. The SMILES string of the molecule is CC(c1cc2cc(Br)ccc2o1)N1CCC(CN)CC1. The first-order valence-electron chi connectivity index (χ1n) is 7.30. The number of hydrogen-bond acceptors (Lipinski definition) is 3. The zero-order valence-corrected chi connectivity index (χ0v) is 13.4. The van der Waals surface area contributed by atoms with Gasteiger partial charge in [0.25, 0.3) is 0 Å². The molecule has 1 fully saturated rings. The molecule has 1 aliphatic heterocycles. The first kappa shape index (κ1) is 14.1. The molecule has 0 aliphatic carbocycles. The number of likely N-dealkylation sites (tertiary alicyclic amines) is 1. The lowest BCUT2D eigenvalue weighted by Crippen LogP contribution is -2.37. The maximum atomic E-state index is 6.00. The lowest BCUT2D eigenvalue weighted by atomic mass is 9.96. The number of piperidine rings is 1. The highest BCUT2D eigenvalue weighted by atomic mass is 79.9. The Bertz CT molecular complexity index is 587. The van der Waals surface area contributed by atoms with Crippen molar-refractivity contribution >= 4 is 26.9 Å². The Morgan fingerprint density at radius 1 is 1.35 bits per heavy atom. The number of furan rings is 1. The van der Waals surface area contributed by atoms with Crippen molar-refractivity contribution in [1.29, 1.82) is 0 Å². The third-order valence-electron chi connectivity index (χ3n) is 4.44. The summed E-state index contributed by atoms with van der Waals surface area (Å²) in [6.45, 7) is 5.28. The summed E-state index contributed by atoms with van der Waals surface area (Å²) in [5.74, 6) is 1.76. The molecular weight excluding hydrogens is 316 g/mol. The van der Waals surface area contributed by atoms with Crippen LogP contribution in [-0.4, -0.2) is 24.5 Å². The van der Waals surface area contributed by atoms with Gasteiger partial charge in [-0.3, -0.25) is 4.90 Å². The summed E-state index contributed by atoms with van der Waals surface area (Å²) in [4.78, 5) is 2.50. The van der Waals surface area contributed by atoms with Gasteiger partial charge in [0.2, 0.25) is 0 Å². The smallest absolute Gasteiger partial charge is 0.134 e. The topological polar surface area (TPSA) is 42.4 Å². The largest absolute Gasteiger partial charge is 0.459 e. The molecule has 1 atom stereocenters. The molecule has 1 saturated heterocycles. The molecule has 4 heteroatoms. The Morgan fingerprint density at radius 2 is 2.10 bits per heavy atom. The van der Waals surface area contributed by atoms with Gasteiger partial charge in [0, 0.05) is 9.86 Å². The van der Waals surface area contributed by atoms with E-state index < -0.39 is 0 Å². The van der Waals surface area contributed by atoms with Gasteiger partial charge in [-0.05, 0) is 69.6 Å². The number of fused-ring (bicyclic) bond motifs is 1. The zero-order valence-electron chi connectivity index (χ0n) is 11.8. The van der Waals surface area contributed by atoms with E-state index in [9.17, 15) is 0 Å². The van der Waals surface area contributed by atoms with E-state index in [0.29, 0.717) is 12.0 Å². The van der Waals surface area contributed by atoms with Crippen molar-refractivity contribution in [3.8, 4) is 0 Å². The predicted molar refractivity (Wildman–Crippen MR) is 85.7 cm³/mol. The summed E-state index contributed by atoms with van der Waals surface area (Å²) >= 11 is 3.51. The molecule has 1 aliphatic rings. The summed E-state index contributed by atoms with van der Waals surface area (Å²) < 4.78 is 7.10. The summed E-state index contributed by atoms with van der Waals surface area (Å²) in [6, 6.07) is 8.65. The molecule has 0 saturated carbocycles. The Balaban J connectivity index is 1.77. The fourth-order valence-electron chi connectivity index (χ4n) is 3.00. The summed E-state index contributed by atoms with van der Waals surface area (Å²) in [7, 11) is 0. The quantitative estimate of drug-likeness (QED) is 0.923. The van der Waals surface area contributed by atoms with E-state index in [-0.39, 0.29) is 0 Å². The van der Waals surface area contributed by atoms with E-state index in [0.717, 1.165) is 40.8 Å². The standard InChI is InChI=1S/C16H21BrN2O/c1-11(19-6-4-12(10-18)5-7-19)16-9-13-8-14(17)2-3-15(13)20-16/h2-3,8-9,11-12H,4-7,10,18H2,1H3. The minimum Gasteiger partial charge on any atom is -0.459 e. The molecule has 20 heavy (non-hydrogen) atoms. The van der Waals surface area contributed by atoms with Crippen molar-refractivity contribution in [3.63, 3.8) is 0 Å². The molecule has 0 radical (unpaired) electrons.